The molecule has 1 rings (SSSR count). The van der Waals surface area contributed by atoms with Crippen molar-refractivity contribution in [2.75, 3.05) is 13.1 Å². The Balaban J connectivity index is 2.46. The molecule has 0 saturated carbocycles. The van der Waals surface area contributed by atoms with Crippen LogP contribution in [-0.4, -0.2) is 29.8 Å². The highest BCUT2D eigenvalue weighted by molar-refractivity contribution is 5.81. The third-order valence-electron chi connectivity index (χ3n) is 2.69. The van der Waals surface area contributed by atoms with Crippen LogP contribution in [0.4, 0.5) is 0 Å². The first-order valence-corrected chi connectivity index (χ1v) is 5.00. The first kappa shape index (κ1) is 9.72. The molecule has 70 valence electrons. The van der Waals surface area contributed by atoms with Crippen LogP contribution in [0.5, 0.6) is 0 Å². The Kier molecular flexibility index (Phi) is 3.73. The summed E-state index contributed by atoms with van der Waals surface area (Å²) in [4.78, 5) is 13.6. The van der Waals surface area contributed by atoms with Crippen molar-refractivity contribution < 1.29 is 4.79 Å². The molecule has 1 fully saturated rings. The zero-order chi connectivity index (χ0) is 8.97. The summed E-state index contributed by atoms with van der Waals surface area (Å²) in [6.07, 6.45) is 4.84. The van der Waals surface area contributed by atoms with Crippen LogP contribution in [0.25, 0.3) is 0 Å². The monoisotopic (exact) mass is 169 g/mol. The van der Waals surface area contributed by atoms with Crippen molar-refractivity contribution in [1.82, 2.24) is 4.90 Å². The maximum absolute atomic E-state index is 11.2. The fourth-order valence-electron chi connectivity index (χ4n) is 2.03. The van der Waals surface area contributed by atoms with Crippen molar-refractivity contribution in [2.24, 2.45) is 0 Å². The van der Waals surface area contributed by atoms with E-state index in [0.29, 0.717) is 5.78 Å². The summed E-state index contributed by atoms with van der Waals surface area (Å²) in [6.45, 7) is 6.06. The molecule has 0 radical (unpaired) electrons. The number of Topliss-reactive ketones (excluding diaryl/α,β-unsaturated/α-hetero) is 1. The molecule has 0 unspecified atom stereocenters. The van der Waals surface area contributed by atoms with Crippen molar-refractivity contribution in [3.63, 3.8) is 0 Å². The fourth-order valence-corrected chi connectivity index (χ4v) is 2.03. The molecule has 0 aromatic rings. The molecule has 1 aliphatic rings. The van der Waals surface area contributed by atoms with Gasteiger partial charge < -0.3 is 0 Å². The van der Waals surface area contributed by atoms with E-state index in [9.17, 15) is 4.79 Å². The van der Waals surface area contributed by atoms with Crippen LogP contribution in [0.3, 0.4) is 0 Å². The number of nitrogens with zero attached hydrogens (tertiary/aromatic N) is 1. The third kappa shape index (κ3) is 2.31. The lowest BCUT2D eigenvalue weighted by molar-refractivity contribution is -0.122. The molecule has 0 aromatic heterocycles. The van der Waals surface area contributed by atoms with Crippen molar-refractivity contribution in [3.05, 3.63) is 0 Å². The summed E-state index contributed by atoms with van der Waals surface area (Å²) in [5.74, 6) is 0.333. The minimum atomic E-state index is 0.199. The van der Waals surface area contributed by atoms with Crippen molar-refractivity contribution in [1.29, 1.82) is 0 Å². The molecule has 12 heavy (non-hydrogen) atoms. The topological polar surface area (TPSA) is 20.3 Å². The Labute approximate surface area is 74.9 Å². The second-order valence-electron chi connectivity index (χ2n) is 3.63. The first-order valence-electron chi connectivity index (χ1n) is 5.00. The van der Waals surface area contributed by atoms with Crippen LogP contribution < -0.4 is 0 Å². The zero-order valence-electron chi connectivity index (χ0n) is 8.18. The molecule has 1 saturated heterocycles. The fraction of sp³-hybridized carbons (Fsp3) is 0.900. The Morgan fingerprint density at radius 2 is 1.92 bits per heavy atom. The number of carbonyl (C=O) groups excluding carboxylic acids is 1. The van der Waals surface area contributed by atoms with Crippen LogP contribution >= 0.6 is 0 Å². The van der Waals surface area contributed by atoms with Crippen LogP contribution in [-0.2, 0) is 4.79 Å². The van der Waals surface area contributed by atoms with E-state index < -0.39 is 0 Å². The van der Waals surface area contributed by atoms with E-state index in [1.54, 1.807) is 6.92 Å². The Morgan fingerprint density at radius 1 is 1.33 bits per heavy atom. The molecule has 0 bridgehead atoms. The van der Waals surface area contributed by atoms with Gasteiger partial charge in [0.05, 0.1) is 6.04 Å². The summed E-state index contributed by atoms with van der Waals surface area (Å²) < 4.78 is 0. The highest BCUT2D eigenvalue weighted by atomic mass is 16.1. The molecule has 2 nitrogen and oxygen atoms in total. The highest BCUT2D eigenvalue weighted by Gasteiger charge is 2.21. The van der Waals surface area contributed by atoms with Crippen LogP contribution in [0.2, 0.25) is 0 Å². The minimum Gasteiger partial charge on any atom is -0.298 e. The number of piperidine rings is 1. The van der Waals surface area contributed by atoms with E-state index in [1.165, 1.54) is 19.3 Å². The Hall–Kier alpha value is -0.370. The number of ketones is 1. The van der Waals surface area contributed by atoms with Gasteiger partial charge in [0.2, 0.25) is 0 Å². The number of rotatable bonds is 3. The van der Waals surface area contributed by atoms with Crippen LogP contribution in [0.15, 0.2) is 0 Å². The molecule has 0 amide bonds. The quantitative estimate of drug-likeness (QED) is 0.642. The van der Waals surface area contributed by atoms with E-state index >= 15 is 0 Å². The minimum absolute atomic E-state index is 0.199. The second-order valence-corrected chi connectivity index (χ2v) is 3.63. The Bertz CT molecular complexity index is 150. The third-order valence-corrected chi connectivity index (χ3v) is 2.69. The highest BCUT2D eigenvalue weighted by Crippen LogP contribution is 2.14. The van der Waals surface area contributed by atoms with Gasteiger partial charge in [-0.05, 0) is 39.3 Å². The van der Waals surface area contributed by atoms with E-state index in [2.05, 4.69) is 11.8 Å². The maximum atomic E-state index is 11.2. The molecular formula is C10H19NO. The normalized spacial score (nSPS) is 22.2. The lowest BCUT2D eigenvalue weighted by Crippen LogP contribution is -2.42. The molecule has 0 aliphatic carbocycles. The molecule has 1 aliphatic heterocycles. The van der Waals surface area contributed by atoms with Crippen molar-refractivity contribution in [2.45, 2.75) is 45.6 Å². The van der Waals surface area contributed by atoms with Crippen LogP contribution in [0, 0.1) is 0 Å². The first-order chi connectivity index (χ1) is 5.75. The number of hydrogen-bond donors (Lipinski definition) is 0. The van der Waals surface area contributed by atoms with Gasteiger partial charge in [0, 0.05) is 0 Å². The van der Waals surface area contributed by atoms with E-state index in [-0.39, 0.29) is 6.04 Å². The van der Waals surface area contributed by atoms with E-state index in [1.807, 2.05) is 0 Å². The Morgan fingerprint density at radius 3 is 2.33 bits per heavy atom. The largest absolute Gasteiger partial charge is 0.298 e. The number of likely N-dealkylation sites (tertiary alicyclic amines) is 1. The van der Waals surface area contributed by atoms with Crippen molar-refractivity contribution >= 4 is 5.78 Å². The van der Waals surface area contributed by atoms with E-state index in [0.717, 1.165) is 19.5 Å². The molecule has 0 N–H and O–H groups in total. The van der Waals surface area contributed by atoms with Crippen molar-refractivity contribution in [3.8, 4) is 0 Å². The van der Waals surface area contributed by atoms with Crippen LogP contribution in [0.1, 0.15) is 39.5 Å². The lowest BCUT2D eigenvalue weighted by atomic mass is 10.0. The summed E-state index contributed by atoms with van der Waals surface area (Å²) in [6, 6.07) is 0.199. The summed E-state index contributed by atoms with van der Waals surface area (Å²) in [5, 5.41) is 0. The smallest absolute Gasteiger partial charge is 0.146 e. The molecule has 1 heterocycles. The lowest BCUT2D eigenvalue weighted by Gasteiger charge is -2.32. The van der Waals surface area contributed by atoms with Gasteiger partial charge in [-0.1, -0.05) is 13.3 Å². The summed E-state index contributed by atoms with van der Waals surface area (Å²) >= 11 is 0. The van der Waals surface area contributed by atoms with Gasteiger partial charge in [0.1, 0.15) is 5.78 Å². The zero-order valence-corrected chi connectivity index (χ0v) is 8.18. The van der Waals surface area contributed by atoms with Gasteiger partial charge >= 0.3 is 0 Å². The predicted octanol–water partition coefficient (Wildman–Crippen LogP) is 1.84. The van der Waals surface area contributed by atoms with Gasteiger partial charge in [-0.15, -0.1) is 0 Å². The van der Waals surface area contributed by atoms with Gasteiger partial charge in [-0.3, -0.25) is 9.69 Å². The number of hydrogen-bond acceptors (Lipinski definition) is 2. The average molecular weight is 169 g/mol. The predicted molar refractivity (Wildman–Crippen MR) is 50.2 cm³/mol. The van der Waals surface area contributed by atoms with Gasteiger partial charge in [-0.2, -0.15) is 0 Å². The molecule has 0 aromatic carbocycles. The van der Waals surface area contributed by atoms with Gasteiger partial charge in [0.25, 0.3) is 0 Å². The maximum Gasteiger partial charge on any atom is 0.146 e. The molecule has 0 spiro atoms. The van der Waals surface area contributed by atoms with E-state index in [4.69, 9.17) is 0 Å². The van der Waals surface area contributed by atoms with Gasteiger partial charge in [0.15, 0.2) is 0 Å². The second kappa shape index (κ2) is 4.61. The van der Waals surface area contributed by atoms with Gasteiger partial charge in [-0.25, -0.2) is 0 Å². The number of carbonyl (C=O) groups is 1. The average Bonchev–Trinajstić information content (AvgIpc) is 2.07. The standard InChI is InChI=1S/C10H19NO/c1-3-10(9(2)12)11-7-5-4-6-8-11/h10H,3-8H2,1-2H3/t10-/m1/s1. The summed E-state index contributed by atoms with van der Waals surface area (Å²) in [5.41, 5.74) is 0. The summed E-state index contributed by atoms with van der Waals surface area (Å²) in [7, 11) is 0. The molecule has 1 atom stereocenters. The molecular weight excluding hydrogens is 150 g/mol. The molecule has 2 heteroatoms. The SMILES string of the molecule is CC[C@H](C(C)=O)N1CCCCC1.